The summed E-state index contributed by atoms with van der Waals surface area (Å²) in [5.74, 6) is 2.85. The number of fused-ring (bicyclic) bond motifs is 1. The summed E-state index contributed by atoms with van der Waals surface area (Å²) >= 11 is 0. The summed E-state index contributed by atoms with van der Waals surface area (Å²) < 4.78 is 16.6. The van der Waals surface area contributed by atoms with E-state index in [-0.39, 0.29) is 5.91 Å². The largest absolute Gasteiger partial charge is 0.493 e. The number of aryl methyl sites for hydroxylation is 1. The first-order chi connectivity index (χ1) is 14.1. The number of carbonyl (C=O) groups excluding carboxylic acids is 1. The first-order valence-corrected chi connectivity index (χ1v) is 9.91. The summed E-state index contributed by atoms with van der Waals surface area (Å²) in [7, 11) is 3.21. The van der Waals surface area contributed by atoms with E-state index >= 15 is 0 Å². The molecule has 3 aromatic rings. The van der Waals surface area contributed by atoms with Gasteiger partial charge in [-0.3, -0.25) is 4.79 Å². The molecule has 0 saturated heterocycles. The minimum atomic E-state index is 0.126. The predicted molar refractivity (Wildman–Crippen MR) is 114 cm³/mol. The Hall–Kier alpha value is -3.15. The van der Waals surface area contributed by atoms with Crippen LogP contribution in [0, 0.1) is 0 Å². The van der Waals surface area contributed by atoms with Crippen LogP contribution in [0.4, 0.5) is 0 Å². The average molecular weight is 396 g/mol. The van der Waals surface area contributed by atoms with Gasteiger partial charge in [-0.25, -0.2) is 0 Å². The lowest BCUT2D eigenvalue weighted by Gasteiger charge is -2.10. The van der Waals surface area contributed by atoms with Crippen molar-refractivity contribution in [3.63, 3.8) is 0 Å². The van der Waals surface area contributed by atoms with Crippen LogP contribution >= 0.6 is 0 Å². The second-order valence-electron chi connectivity index (χ2n) is 6.87. The van der Waals surface area contributed by atoms with Gasteiger partial charge in [0.25, 0.3) is 0 Å². The van der Waals surface area contributed by atoms with Gasteiger partial charge in [0.1, 0.15) is 11.5 Å². The average Bonchev–Trinajstić information content (AvgIpc) is 3.13. The molecule has 0 atom stereocenters. The van der Waals surface area contributed by atoms with Crippen LogP contribution < -0.4 is 19.5 Å². The number of aromatic nitrogens is 1. The smallest absolute Gasteiger partial charge is 0.219 e. The van der Waals surface area contributed by atoms with Gasteiger partial charge >= 0.3 is 0 Å². The SMILES string of the molecule is CCCC(=O)NCCCc1cc2cc(Oc3ccc(OC)c(OC)c3)ccc2[nH]1. The Morgan fingerprint density at radius 3 is 2.52 bits per heavy atom. The number of benzene rings is 2. The normalized spacial score (nSPS) is 10.7. The zero-order valence-corrected chi connectivity index (χ0v) is 17.2. The molecule has 0 bridgehead atoms. The predicted octanol–water partition coefficient (Wildman–Crippen LogP) is 4.83. The van der Waals surface area contributed by atoms with E-state index in [4.69, 9.17) is 14.2 Å². The van der Waals surface area contributed by atoms with Crippen molar-refractivity contribution in [1.82, 2.24) is 10.3 Å². The molecule has 0 fully saturated rings. The van der Waals surface area contributed by atoms with Crippen molar-refractivity contribution in [3.8, 4) is 23.0 Å². The molecule has 6 nitrogen and oxygen atoms in total. The third kappa shape index (κ3) is 5.44. The Morgan fingerprint density at radius 1 is 1.00 bits per heavy atom. The van der Waals surface area contributed by atoms with Gasteiger partial charge in [-0.15, -0.1) is 0 Å². The summed E-state index contributed by atoms with van der Waals surface area (Å²) in [6.07, 6.45) is 3.25. The lowest BCUT2D eigenvalue weighted by Crippen LogP contribution is -2.24. The van der Waals surface area contributed by atoms with Crippen molar-refractivity contribution < 1.29 is 19.0 Å². The maximum atomic E-state index is 11.5. The highest BCUT2D eigenvalue weighted by atomic mass is 16.5. The molecular formula is C23H28N2O4. The standard InChI is InChI=1S/C23H28N2O4/c1-4-6-23(26)24-12-5-7-17-13-16-14-18(8-10-20(16)25-17)29-19-9-11-21(27-2)22(15-19)28-3/h8-11,13-15,25H,4-7,12H2,1-3H3,(H,24,26). The fourth-order valence-electron chi connectivity index (χ4n) is 3.21. The summed E-state index contributed by atoms with van der Waals surface area (Å²) in [5.41, 5.74) is 2.21. The molecule has 0 aliphatic carbocycles. The van der Waals surface area contributed by atoms with Gasteiger partial charge in [-0.05, 0) is 55.7 Å². The minimum absolute atomic E-state index is 0.126. The van der Waals surface area contributed by atoms with E-state index in [0.29, 0.717) is 30.2 Å². The number of aromatic amines is 1. The van der Waals surface area contributed by atoms with Gasteiger partial charge in [0.2, 0.25) is 5.91 Å². The second-order valence-corrected chi connectivity index (χ2v) is 6.87. The van der Waals surface area contributed by atoms with Crippen LogP contribution in [0.1, 0.15) is 31.9 Å². The molecule has 0 radical (unpaired) electrons. The van der Waals surface area contributed by atoms with Crippen molar-refractivity contribution in [2.45, 2.75) is 32.6 Å². The number of hydrogen-bond acceptors (Lipinski definition) is 4. The van der Waals surface area contributed by atoms with Crippen molar-refractivity contribution >= 4 is 16.8 Å². The fourth-order valence-corrected chi connectivity index (χ4v) is 3.21. The van der Waals surface area contributed by atoms with Crippen molar-refractivity contribution in [2.24, 2.45) is 0 Å². The van der Waals surface area contributed by atoms with Crippen LogP contribution in [0.3, 0.4) is 0 Å². The van der Waals surface area contributed by atoms with Crippen LogP contribution in [0.25, 0.3) is 10.9 Å². The number of ether oxygens (including phenoxy) is 3. The molecular weight excluding hydrogens is 368 g/mol. The molecule has 154 valence electrons. The molecule has 2 N–H and O–H groups in total. The molecule has 0 aliphatic rings. The highest BCUT2D eigenvalue weighted by Crippen LogP contribution is 2.33. The Kier molecular flexibility index (Phi) is 7.00. The van der Waals surface area contributed by atoms with Gasteiger partial charge in [0.15, 0.2) is 11.5 Å². The second kappa shape index (κ2) is 9.87. The third-order valence-electron chi connectivity index (χ3n) is 4.66. The molecule has 1 aromatic heterocycles. The van der Waals surface area contributed by atoms with Crippen molar-refractivity contribution in [3.05, 3.63) is 48.2 Å². The first-order valence-electron chi connectivity index (χ1n) is 9.91. The topological polar surface area (TPSA) is 72.6 Å². The maximum Gasteiger partial charge on any atom is 0.219 e. The van der Waals surface area contributed by atoms with Gasteiger partial charge in [0.05, 0.1) is 14.2 Å². The number of H-pyrrole nitrogens is 1. The van der Waals surface area contributed by atoms with Crippen LogP contribution in [0.5, 0.6) is 23.0 Å². The number of carbonyl (C=O) groups is 1. The molecule has 29 heavy (non-hydrogen) atoms. The minimum Gasteiger partial charge on any atom is -0.493 e. The van der Waals surface area contributed by atoms with Gasteiger partial charge < -0.3 is 24.5 Å². The lowest BCUT2D eigenvalue weighted by molar-refractivity contribution is -0.121. The molecule has 3 rings (SSSR count). The third-order valence-corrected chi connectivity index (χ3v) is 4.66. The summed E-state index contributed by atoms with van der Waals surface area (Å²) in [6, 6.07) is 13.6. The van der Waals surface area contributed by atoms with Crippen LogP contribution in [-0.4, -0.2) is 31.7 Å². The van der Waals surface area contributed by atoms with Crippen LogP contribution in [0.2, 0.25) is 0 Å². The molecule has 0 spiro atoms. The van der Waals surface area contributed by atoms with E-state index in [9.17, 15) is 4.79 Å². The van der Waals surface area contributed by atoms with E-state index in [2.05, 4.69) is 16.4 Å². The Balaban J connectivity index is 1.62. The quantitative estimate of drug-likeness (QED) is 0.482. The van der Waals surface area contributed by atoms with Crippen LogP contribution in [-0.2, 0) is 11.2 Å². The monoisotopic (exact) mass is 396 g/mol. The molecule has 0 unspecified atom stereocenters. The summed E-state index contributed by atoms with van der Waals surface area (Å²) in [5, 5.41) is 4.04. The van der Waals surface area contributed by atoms with Crippen molar-refractivity contribution in [1.29, 1.82) is 0 Å². The zero-order chi connectivity index (χ0) is 20.6. The fraction of sp³-hybridized carbons (Fsp3) is 0.348. The molecule has 0 aliphatic heterocycles. The molecule has 6 heteroatoms. The molecule has 1 amide bonds. The number of hydrogen-bond donors (Lipinski definition) is 2. The lowest BCUT2D eigenvalue weighted by atomic mass is 10.2. The van der Waals surface area contributed by atoms with E-state index in [1.165, 1.54) is 0 Å². The van der Waals surface area contributed by atoms with E-state index in [1.54, 1.807) is 20.3 Å². The Labute approximate surface area is 171 Å². The highest BCUT2D eigenvalue weighted by Gasteiger charge is 2.08. The van der Waals surface area contributed by atoms with E-state index in [1.807, 2.05) is 37.3 Å². The highest BCUT2D eigenvalue weighted by molar-refractivity contribution is 5.82. The molecule has 2 aromatic carbocycles. The van der Waals surface area contributed by atoms with E-state index in [0.717, 1.165) is 41.6 Å². The van der Waals surface area contributed by atoms with E-state index < -0.39 is 0 Å². The maximum absolute atomic E-state index is 11.5. The van der Waals surface area contributed by atoms with Crippen LogP contribution in [0.15, 0.2) is 42.5 Å². The zero-order valence-electron chi connectivity index (χ0n) is 17.2. The first kappa shape index (κ1) is 20.6. The van der Waals surface area contributed by atoms with Gasteiger partial charge in [0, 0.05) is 35.6 Å². The summed E-state index contributed by atoms with van der Waals surface area (Å²) in [6.45, 7) is 2.70. The van der Waals surface area contributed by atoms with Gasteiger partial charge in [-0.1, -0.05) is 6.92 Å². The number of amides is 1. The van der Waals surface area contributed by atoms with Crippen molar-refractivity contribution in [2.75, 3.05) is 20.8 Å². The summed E-state index contributed by atoms with van der Waals surface area (Å²) in [4.78, 5) is 14.9. The molecule has 0 saturated carbocycles. The number of methoxy groups -OCH3 is 2. The number of rotatable bonds is 10. The number of nitrogens with one attached hydrogen (secondary N) is 2. The molecule has 1 heterocycles. The van der Waals surface area contributed by atoms with Gasteiger partial charge in [-0.2, -0.15) is 0 Å². The Bertz CT molecular complexity index is 965. The Morgan fingerprint density at radius 2 is 1.76 bits per heavy atom.